The summed E-state index contributed by atoms with van der Waals surface area (Å²) in [6.45, 7) is 4.53. The number of carbonyl (C=O) groups excluding carboxylic acids is 2. The van der Waals surface area contributed by atoms with Gasteiger partial charge in [0.05, 0.1) is 0 Å². The van der Waals surface area contributed by atoms with E-state index < -0.39 is 11.9 Å². The highest BCUT2D eigenvalue weighted by atomic mass is 16.6. The fraction of sp³-hybridized carbons (Fsp3) is 0.0667. The van der Waals surface area contributed by atoms with Crippen LogP contribution in [0.2, 0.25) is 0 Å². The zero-order chi connectivity index (χ0) is 14.7. The van der Waals surface area contributed by atoms with E-state index in [4.69, 9.17) is 9.47 Å². The van der Waals surface area contributed by atoms with Crippen molar-refractivity contribution in [2.75, 3.05) is 0 Å². The van der Waals surface area contributed by atoms with Gasteiger partial charge in [-0.05, 0) is 0 Å². The summed E-state index contributed by atoms with van der Waals surface area (Å²) in [5.74, 6) is -1.30. The Bertz CT molecular complexity index is 703. The van der Waals surface area contributed by atoms with Gasteiger partial charge >= 0.3 is 11.9 Å². The molecule has 0 bridgehead atoms. The van der Waals surface area contributed by atoms with Crippen molar-refractivity contribution in [2.24, 2.45) is 0 Å². The van der Waals surface area contributed by atoms with E-state index in [0.29, 0.717) is 10.8 Å². The van der Waals surface area contributed by atoms with E-state index in [1.807, 2.05) is 0 Å². The van der Waals surface area contributed by atoms with Crippen LogP contribution in [0.5, 0.6) is 17.2 Å². The molecule has 1 N–H and O–H groups in total. The first-order valence-corrected chi connectivity index (χ1v) is 5.80. The van der Waals surface area contributed by atoms with Gasteiger partial charge in [0.25, 0.3) is 0 Å². The standard InChI is InChI=1S/C15H12O5/c1-3-14(18)20-15-11-7-5-4-6-10(11)12(17)8-13(15)19-9(2)16/h3-8,17H,1H2,2H3. The summed E-state index contributed by atoms with van der Waals surface area (Å²) in [6, 6.07) is 7.98. The van der Waals surface area contributed by atoms with E-state index in [0.717, 1.165) is 6.08 Å². The van der Waals surface area contributed by atoms with Crippen molar-refractivity contribution in [3.05, 3.63) is 43.0 Å². The summed E-state index contributed by atoms with van der Waals surface area (Å²) in [7, 11) is 0. The Labute approximate surface area is 115 Å². The van der Waals surface area contributed by atoms with Gasteiger partial charge in [-0.25, -0.2) is 4.79 Å². The lowest BCUT2D eigenvalue weighted by Crippen LogP contribution is -2.08. The van der Waals surface area contributed by atoms with E-state index in [-0.39, 0.29) is 17.2 Å². The van der Waals surface area contributed by atoms with Gasteiger partial charge in [0.1, 0.15) is 5.75 Å². The summed E-state index contributed by atoms with van der Waals surface area (Å²) in [5, 5.41) is 10.9. The number of benzene rings is 2. The van der Waals surface area contributed by atoms with Crippen molar-refractivity contribution >= 4 is 22.7 Å². The van der Waals surface area contributed by atoms with Crippen LogP contribution in [0.15, 0.2) is 43.0 Å². The lowest BCUT2D eigenvalue weighted by molar-refractivity contribution is -0.133. The van der Waals surface area contributed by atoms with Gasteiger partial charge in [-0.1, -0.05) is 30.8 Å². The molecule has 0 aromatic heterocycles. The summed E-state index contributed by atoms with van der Waals surface area (Å²) >= 11 is 0. The second kappa shape index (κ2) is 5.44. The normalized spacial score (nSPS) is 10.1. The van der Waals surface area contributed by atoms with Crippen molar-refractivity contribution in [2.45, 2.75) is 6.92 Å². The fourth-order valence-corrected chi connectivity index (χ4v) is 1.78. The summed E-state index contributed by atoms with van der Waals surface area (Å²) in [4.78, 5) is 22.5. The molecule has 5 heteroatoms. The van der Waals surface area contributed by atoms with Crippen LogP contribution < -0.4 is 9.47 Å². The van der Waals surface area contributed by atoms with Crippen LogP contribution in [0.1, 0.15) is 6.92 Å². The van der Waals surface area contributed by atoms with Gasteiger partial charge in [0, 0.05) is 29.8 Å². The van der Waals surface area contributed by atoms with E-state index in [2.05, 4.69) is 6.58 Å². The van der Waals surface area contributed by atoms with Crippen LogP contribution in [0.4, 0.5) is 0 Å². The zero-order valence-corrected chi connectivity index (χ0v) is 10.8. The van der Waals surface area contributed by atoms with Crippen molar-refractivity contribution in [1.29, 1.82) is 0 Å². The van der Waals surface area contributed by atoms with Gasteiger partial charge < -0.3 is 14.6 Å². The number of esters is 2. The number of carbonyl (C=O) groups is 2. The first kappa shape index (κ1) is 13.6. The monoisotopic (exact) mass is 272 g/mol. The zero-order valence-electron chi connectivity index (χ0n) is 10.8. The number of ether oxygens (including phenoxy) is 2. The average Bonchev–Trinajstić information content (AvgIpc) is 2.42. The number of hydrogen-bond acceptors (Lipinski definition) is 5. The largest absolute Gasteiger partial charge is 0.507 e. The minimum Gasteiger partial charge on any atom is -0.507 e. The van der Waals surface area contributed by atoms with E-state index in [1.165, 1.54) is 13.0 Å². The van der Waals surface area contributed by atoms with Crippen LogP contribution in [-0.4, -0.2) is 17.0 Å². The highest BCUT2D eigenvalue weighted by Gasteiger charge is 2.17. The number of hydrogen-bond donors (Lipinski definition) is 1. The van der Waals surface area contributed by atoms with Crippen LogP contribution in [-0.2, 0) is 9.59 Å². The molecule has 0 heterocycles. The highest BCUT2D eigenvalue weighted by Crippen LogP contribution is 2.41. The number of phenols is 1. The first-order chi connectivity index (χ1) is 9.52. The van der Waals surface area contributed by atoms with Crippen LogP contribution in [0.25, 0.3) is 10.8 Å². The van der Waals surface area contributed by atoms with E-state index in [1.54, 1.807) is 24.3 Å². The molecule has 0 fully saturated rings. The molecule has 5 nitrogen and oxygen atoms in total. The third-order valence-corrected chi connectivity index (χ3v) is 2.56. The molecule has 20 heavy (non-hydrogen) atoms. The molecular formula is C15H12O5. The quantitative estimate of drug-likeness (QED) is 0.528. The Balaban J connectivity index is 2.69. The second-order valence-corrected chi connectivity index (χ2v) is 3.99. The Hall–Kier alpha value is -2.82. The van der Waals surface area contributed by atoms with Crippen LogP contribution >= 0.6 is 0 Å². The topological polar surface area (TPSA) is 72.8 Å². The molecule has 0 radical (unpaired) electrons. The first-order valence-electron chi connectivity index (χ1n) is 5.80. The molecule has 2 rings (SSSR count). The van der Waals surface area contributed by atoms with Gasteiger partial charge in [-0.2, -0.15) is 0 Å². The maximum absolute atomic E-state index is 11.4. The minimum atomic E-state index is -0.686. The SMILES string of the molecule is C=CC(=O)Oc1c(OC(C)=O)cc(O)c2ccccc12. The molecule has 102 valence electrons. The Morgan fingerprint density at radius 3 is 2.45 bits per heavy atom. The fourth-order valence-electron chi connectivity index (χ4n) is 1.78. The number of aromatic hydroxyl groups is 1. The Kier molecular flexibility index (Phi) is 3.70. The molecule has 2 aromatic rings. The van der Waals surface area contributed by atoms with E-state index in [9.17, 15) is 14.7 Å². The van der Waals surface area contributed by atoms with Gasteiger partial charge in [0.15, 0.2) is 11.5 Å². The van der Waals surface area contributed by atoms with Gasteiger partial charge in [-0.15, -0.1) is 0 Å². The van der Waals surface area contributed by atoms with Crippen LogP contribution in [0, 0.1) is 0 Å². The maximum Gasteiger partial charge on any atom is 0.335 e. The van der Waals surface area contributed by atoms with Gasteiger partial charge in [0.2, 0.25) is 0 Å². The summed E-state index contributed by atoms with van der Waals surface area (Å²) in [6.07, 6.45) is 0.999. The summed E-state index contributed by atoms with van der Waals surface area (Å²) in [5.41, 5.74) is 0. The predicted octanol–water partition coefficient (Wildman–Crippen LogP) is 2.56. The molecule has 0 aliphatic heterocycles. The molecule has 0 spiro atoms. The predicted molar refractivity (Wildman–Crippen MR) is 72.8 cm³/mol. The third kappa shape index (κ3) is 2.61. The lowest BCUT2D eigenvalue weighted by atomic mass is 10.1. The maximum atomic E-state index is 11.4. The van der Waals surface area contributed by atoms with E-state index >= 15 is 0 Å². The Morgan fingerprint density at radius 1 is 1.20 bits per heavy atom. The number of rotatable bonds is 3. The molecule has 0 aliphatic rings. The Morgan fingerprint density at radius 2 is 1.85 bits per heavy atom. The average molecular weight is 272 g/mol. The number of phenolic OH excluding ortho intramolecular Hbond substituents is 1. The molecule has 0 unspecified atom stereocenters. The molecule has 0 amide bonds. The van der Waals surface area contributed by atoms with Crippen molar-refractivity contribution in [1.82, 2.24) is 0 Å². The molecule has 0 saturated heterocycles. The lowest BCUT2D eigenvalue weighted by Gasteiger charge is -2.12. The van der Waals surface area contributed by atoms with Gasteiger partial charge in [-0.3, -0.25) is 4.79 Å². The number of fused-ring (bicyclic) bond motifs is 1. The smallest absolute Gasteiger partial charge is 0.335 e. The minimum absolute atomic E-state index is 0.0242. The third-order valence-electron chi connectivity index (χ3n) is 2.56. The highest BCUT2D eigenvalue weighted by molar-refractivity contribution is 5.98. The van der Waals surface area contributed by atoms with Crippen molar-refractivity contribution < 1.29 is 24.2 Å². The van der Waals surface area contributed by atoms with Crippen molar-refractivity contribution in [3.63, 3.8) is 0 Å². The molecule has 0 atom stereocenters. The van der Waals surface area contributed by atoms with Crippen LogP contribution in [0.3, 0.4) is 0 Å². The summed E-state index contributed by atoms with van der Waals surface area (Å²) < 4.78 is 10.1. The molecule has 0 saturated carbocycles. The molecule has 2 aromatic carbocycles. The van der Waals surface area contributed by atoms with Crippen molar-refractivity contribution in [3.8, 4) is 17.2 Å². The second-order valence-electron chi connectivity index (χ2n) is 3.99. The molecular weight excluding hydrogens is 260 g/mol. The molecule has 0 aliphatic carbocycles.